The van der Waals surface area contributed by atoms with Crippen molar-refractivity contribution in [1.29, 1.82) is 0 Å². The van der Waals surface area contributed by atoms with Crippen LogP contribution >= 0.6 is 0 Å². The SMILES string of the molecule is CC(C)(CNC(=O)c1ccccn1)c1ccccc1. The predicted molar refractivity (Wildman–Crippen MR) is 76.0 cm³/mol. The van der Waals surface area contributed by atoms with Crippen molar-refractivity contribution in [3.63, 3.8) is 0 Å². The quantitative estimate of drug-likeness (QED) is 0.911. The Bertz CT molecular complexity index is 535. The topological polar surface area (TPSA) is 42.0 Å². The lowest BCUT2D eigenvalue weighted by molar-refractivity contribution is 0.0940. The van der Waals surface area contributed by atoms with E-state index in [4.69, 9.17) is 0 Å². The van der Waals surface area contributed by atoms with Crippen LogP contribution in [0.15, 0.2) is 54.7 Å². The lowest BCUT2D eigenvalue weighted by Gasteiger charge is -2.25. The molecular weight excluding hydrogens is 236 g/mol. The highest BCUT2D eigenvalue weighted by Crippen LogP contribution is 2.21. The van der Waals surface area contributed by atoms with Gasteiger partial charge in [0.2, 0.25) is 0 Å². The fraction of sp³-hybridized carbons (Fsp3) is 0.250. The van der Waals surface area contributed by atoms with Crippen LogP contribution in [0.1, 0.15) is 29.9 Å². The van der Waals surface area contributed by atoms with Gasteiger partial charge in [-0.1, -0.05) is 50.2 Å². The van der Waals surface area contributed by atoms with Gasteiger partial charge in [0.05, 0.1) is 0 Å². The van der Waals surface area contributed by atoms with Crippen molar-refractivity contribution in [2.24, 2.45) is 0 Å². The summed E-state index contributed by atoms with van der Waals surface area (Å²) in [4.78, 5) is 16.0. The minimum absolute atomic E-state index is 0.105. The number of carbonyl (C=O) groups is 1. The molecular formula is C16H18N2O. The Balaban J connectivity index is 2.01. The zero-order valence-corrected chi connectivity index (χ0v) is 11.3. The summed E-state index contributed by atoms with van der Waals surface area (Å²) in [5.74, 6) is -0.135. The smallest absolute Gasteiger partial charge is 0.269 e. The van der Waals surface area contributed by atoms with Gasteiger partial charge in [-0.3, -0.25) is 9.78 Å². The third kappa shape index (κ3) is 3.41. The minimum atomic E-state index is -0.135. The Morgan fingerprint density at radius 2 is 1.79 bits per heavy atom. The molecule has 0 unspecified atom stereocenters. The highest BCUT2D eigenvalue weighted by molar-refractivity contribution is 5.92. The Labute approximate surface area is 113 Å². The van der Waals surface area contributed by atoms with Crippen LogP contribution in [-0.4, -0.2) is 17.4 Å². The number of pyridine rings is 1. The summed E-state index contributed by atoms with van der Waals surface area (Å²) in [5.41, 5.74) is 1.55. The van der Waals surface area contributed by atoms with Crippen molar-refractivity contribution < 1.29 is 4.79 Å². The Morgan fingerprint density at radius 1 is 1.11 bits per heavy atom. The van der Waals surface area contributed by atoms with Gasteiger partial charge in [-0.2, -0.15) is 0 Å². The van der Waals surface area contributed by atoms with Crippen molar-refractivity contribution in [2.45, 2.75) is 19.3 Å². The van der Waals surface area contributed by atoms with Crippen LogP contribution in [0.3, 0.4) is 0 Å². The van der Waals surface area contributed by atoms with Crippen molar-refractivity contribution in [1.82, 2.24) is 10.3 Å². The molecule has 0 fully saturated rings. The Morgan fingerprint density at radius 3 is 2.42 bits per heavy atom. The van der Waals surface area contributed by atoms with E-state index in [1.54, 1.807) is 18.3 Å². The number of carbonyl (C=O) groups excluding carboxylic acids is 1. The Hall–Kier alpha value is -2.16. The maximum absolute atomic E-state index is 11.9. The van der Waals surface area contributed by atoms with E-state index in [-0.39, 0.29) is 11.3 Å². The molecule has 0 atom stereocenters. The summed E-state index contributed by atoms with van der Waals surface area (Å²) in [6, 6.07) is 15.5. The number of benzene rings is 1. The number of hydrogen-bond acceptors (Lipinski definition) is 2. The van der Waals surface area contributed by atoms with E-state index >= 15 is 0 Å². The first-order valence-electron chi connectivity index (χ1n) is 6.34. The molecule has 0 bridgehead atoms. The molecule has 0 aliphatic heterocycles. The van der Waals surface area contributed by atoms with E-state index < -0.39 is 0 Å². The molecule has 0 spiro atoms. The number of amides is 1. The number of aromatic nitrogens is 1. The minimum Gasteiger partial charge on any atom is -0.350 e. The zero-order chi connectivity index (χ0) is 13.7. The predicted octanol–water partition coefficient (Wildman–Crippen LogP) is 2.79. The molecule has 3 heteroatoms. The number of rotatable bonds is 4. The standard InChI is InChI=1S/C16H18N2O/c1-16(2,13-8-4-3-5-9-13)12-18-15(19)14-10-6-7-11-17-14/h3-11H,12H2,1-2H3,(H,18,19). The first-order chi connectivity index (χ1) is 9.09. The maximum Gasteiger partial charge on any atom is 0.269 e. The molecule has 0 aliphatic carbocycles. The molecule has 19 heavy (non-hydrogen) atoms. The van der Waals surface area contributed by atoms with Gasteiger partial charge >= 0.3 is 0 Å². The summed E-state index contributed by atoms with van der Waals surface area (Å²) in [6.45, 7) is 4.80. The fourth-order valence-electron chi connectivity index (χ4n) is 1.88. The normalized spacial score (nSPS) is 11.1. The first kappa shape index (κ1) is 13.3. The third-order valence-corrected chi connectivity index (χ3v) is 3.14. The van der Waals surface area contributed by atoms with E-state index in [9.17, 15) is 4.79 Å². The molecule has 0 saturated heterocycles. The van der Waals surface area contributed by atoms with Gasteiger partial charge in [0.25, 0.3) is 5.91 Å². The molecule has 2 rings (SSSR count). The van der Waals surface area contributed by atoms with Gasteiger partial charge in [-0.05, 0) is 17.7 Å². The van der Waals surface area contributed by atoms with E-state index in [0.717, 1.165) is 0 Å². The number of nitrogens with zero attached hydrogens (tertiary/aromatic N) is 1. The lowest BCUT2D eigenvalue weighted by Crippen LogP contribution is -2.36. The highest BCUT2D eigenvalue weighted by Gasteiger charge is 2.21. The van der Waals surface area contributed by atoms with Crippen LogP contribution in [0.5, 0.6) is 0 Å². The second-order valence-corrected chi connectivity index (χ2v) is 5.15. The van der Waals surface area contributed by atoms with Crippen molar-refractivity contribution in [2.75, 3.05) is 6.54 Å². The maximum atomic E-state index is 11.9. The zero-order valence-electron chi connectivity index (χ0n) is 11.3. The van der Waals surface area contributed by atoms with E-state index in [0.29, 0.717) is 12.2 Å². The highest BCUT2D eigenvalue weighted by atomic mass is 16.1. The number of nitrogens with one attached hydrogen (secondary N) is 1. The Kier molecular flexibility index (Phi) is 3.95. The van der Waals surface area contributed by atoms with Crippen LogP contribution < -0.4 is 5.32 Å². The lowest BCUT2D eigenvalue weighted by atomic mass is 9.84. The molecule has 98 valence electrons. The average molecular weight is 254 g/mol. The summed E-state index contributed by atoms with van der Waals surface area (Å²) < 4.78 is 0. The van der Waals surface area contributed by atoms with Gasteiger partial charge in [-0.15, -0.1) is 0 Å². The summed E-state index contributed by atoms with van der Waals surface area (Å²) in [6.07, 6.45) is 1.62. The third-order valence-electron chi connectivity index (χ3n) is 3.14. The van der Waals surface area contributed by atoms with Gasteiger partial charge in [0.1, 0.15) is 5.69 Å². The molecule has 1 aromatic carbocycles. The first-order valence-corrected chi connectivity index (χ1v) is 6.34. The van der Waals surface area contributed by atoms with Gasteiger partial charge in [0.15, 0.2) is 0 Å². The van der Waals surface area contributed by atoms with Crippen LogP contribution in [0.4, 0.5) is 0 Å². The molecule has 1 amide bonds. The van der Waals surface area contributed by atoms with E-state index in [1.165, 1.54) is 5.56 Å². The van der Waals surface area contributed by atoms with Gasteiger partial charge in [0, 0.05) is 18.2 Å². The fourth-order valence-corrected chi connectivity index (χ4v) is 1.88. The molecule has 3 nitrogen and oxygen atoms in total. The second kappa shape index (κ2) is 5.65. The molecule has 0 radical (unpaired) electrons. The van der Waals surface area contributed by atoms with E-state index in [1.807, 2.05) is 24.3 Å². The molecule has 1 heterocycles. The molecule has 1 aromatic heterocycles. The molecule has 0 aliphatic rings. The molecule has 2 aromatic rings. The van der Waals surface area contributed by atoms with Crippen LogP contribution in [0.25, 0.3) is 0 Å². The largest absolute Gasteiger partial charge is 0.350 e. The second-order valence-electron chi connectivity index (χ2n) is 5.15. The van der Waals surface area contributed by atoms with Gasteiger partial charge < -0.3 is 5.32 Å². The van der Waals surface area contributed by atoms with Crippen molar-refractivity contribution in [3.05, 3.63) is 66.0 Å². The molecule has 0 saturated carbocycles. The summed E-state index contributed by atoms with van der Waals surface area (Å²) in [5, 5.41) is 2.94. The van der Waals surface area contributed by atoms with Crippen LogP contribution in [0, 0.1) is 0 Å². The summed E-state index contributed by atoms with van der Waals surface area (Å²) in [7, 11) is 0. The van der Waals surface area contributed by atoms with E-state index in [2.05, 4.69) is 36.3 Å². The summed E-state index contributed by atoms with van der Waals surface area (Å²) >= 11 is 0. The van der Waals surface area contributed by atoms with Crippen molar-refractivity contribution in [3.8, 4) is 0 Å². The number of hydrogen-bond donors (Lipinski definition) is 1. The van der Waals surface area contributed by atoms with Crippen LogP contribution in [0.2, 0.25) is 0 Å². The monoisotopic (exact) mass is 254 g/mol. The van der Waals surface area contributed by atoms with Crippen LogP contribution in [-0.2, 0) is 5.41 Å². The van der Waals surface area contributed by atoms with Crippen molar-refractivity contribution >= 4 is 5.91 Å². The average Bonchev–Trinajstić information content (AvgIpc) is 2.47. The van der Waals surface area contributed by atoms with Gasteiger partial charge in [-0.25, -0.2) is 0 Å². The molecule has 1 N–H and O–H groups in total.